The molecule has 2 aromatic rings. The zero-order chi connectivity index (χ0) is 15.6. The Kier molecular flexibility index (Phi) is 4.21. The van der Waals surface area contributed by atoms with Crippen LogP contribution in [0.3, 0.4) is 0 Å². The summed E-state index contributed by atoms with van der Waals surface area (Å²) in [7, 11) is 1.60. The summed E-state index contributed by atoms with van der Waals surface area (Å²) in [4.78, 5) is 13.8. The van der Waals surface area contributed by atoms with Crippen LogP contribution in [-0.2, 0) is 0 Å². The first-order valence-corrected chi connectivity index (χ1v) is 6.48. The maximum absolute atomic E-state index is 13.3. The normalized spacial score (nSPS) is 12.0. The molecule has 0 bridgehead atoms. The van der Waals surface area contributed by atoms with Crippen LogP contribution < -0.4 is 5.73 Å². The number of anilines is 1. The number of nitrogen functional groups attached to an aromatic ring is 1. The molecule has 0 aliphatic rings. The lowest BCUT2D eigenvalue weighted by molar-refractivity contribution is 0.0743. The van der Waals surface area contributed by atoms with Gasteiger partial charge in [0.1, 0.15) is 0 Å². The molecule has 0 radical (unpaired) electrons. The van der Waals surface area contributed by atoms with Crippen molar-refractivity contribution >= 4 is 11.6 Å². The zero-order valence-corrected chi connectivity index (χ0v) is 11.8. The van der Waals surface area contributed by atoms with Crippen LogP contribution in [0.25, 0.3) is 0 Å². The number of nitrogens with zero attached hydrogens (tertiary/aromatic N) is 1. The van der Waals surface area contributed by atoms with E-state index in [9.17, 15) is 13.6 Å². The molecule has 110 valence electrons. The van der Waals surface area contributed by atoms with Gasteiger partial charge in [-0.25, -0.2) is 8.78 Å². The van der Waals surface area contributed by atoms with E-state index in [-0.39, 0.29) is 17.3 Å². The van der Waals surface area contributed by atoms with Crippen LogP contribution in [0.4, 0.5) is 14.5 Å². The Balaban J connectivity index is 2.30. The lowest BCUT2D eigenvalue weighted by Crippen LogP contribution is -2.30. The smallest absolute Gasteiger partial charge is 0.256 e. The van der Waals surface area contributed by atoms with Crippen molar-refractivity contribution in [2.24, 2.45) is 0 Å². The average molecular weight is 290 g/mol. The van der Waals surface area contributed by atoms with E-state index in [0.717, 1.165) is 17.7 Å². The highest BCUT2D eigenvalue weighted by Crippen LogP contribution is 2.24. The predicted molar refractivity (Wildman–Crippen MR) is 77.7 cm³/mol. The second-order valence-electron chi connectivity index (χ2n) is 4.86. The van der Waals surface area contributed by atoms with Crippen molar-refractivity contribution in [2.75, 3.05) is 12.8 Å². The monoisotopic (exact) mass is 290 g/mol. The number of carbonyl (C=O) groups is 1. The molecule has 0 aliphatic heterocycles. The summed E-state index contributed by atoms with van der Waals surface area (Å²) in [6.07, 6.45) is 0. The number of benzene rings is 2. The summed E-state index contributed by atoms with van der Waals surface area (Å²) >= 11 is 0. The van der Waals surface area contributed by atoms with Crippen molar-refractivity contribution in [3.8, 4) is 0 Å². The number of halogens is 2. The Morgan fingerprint density at radius 3 is 2.33 bits per heavy atom. The number of hydrogen-bond donors (Lipinski definition) is 1. The predicted octanol–water partition coefficient (Wildman–Crippen LogP) is 3.38. The van der Waals surface area contributed by atoms with Crippen molar-refractivity contribution in [3.63, 3.8) is 0 Å². The van der Waals surface area contributed by atoms with Crippen molar-refractivity contribution < 1.29 is 13.6 Å². The van der Waals surface area contributed by atoms with Crippen LogP contribution in [0.5, 0.6) is 0 Å². The fourth-order valence-corrected chi connectivity index (χ4v) is 2.07. The maximum Gasteiger partial charge on any atom is 0.256 e. The minimum Gasteiger partial charge on any atom is -0.398 e. The third-order valence-corrected chi connectivity index (χ3v) is 3.51. The standard InChI is InChI=1S/C16H16F2N2O/c1-10(11-6-4-3-5-7-11)20(2)16(21)12-8-13(17)14(18)9-15(12)19/h3-10H,19H2,1-2H3. The molecular formula is C16H16F2N2O. The van der Waals surface area contributed by atoms with Gasteiger partial charge in [0.25, 0.3) is 5.91 Å². The third-order valence-electron chi connectivity index (χ3n) is 3.51. The number of carbonyl (C=O) groups excluding carboxylic acids is 1. The van der Waals surface area contributed by atoms with Gasteiger partial charge in [-0.2, -0.15) is 0 Å². The van der Waals surface area contributed by atoms with Crippen LogP contribution in [0.1, 0.15) is 28.9 Å². The van der Waals surface area contributed by atoms with E-state index >= 15 is 0 Å². The van der Waals surface area contributed by atoms with Gasteiger partial charge in [0, 0.05) is 18.8 Å². The van der Waals surface area contributed by atoms with Gasteiger partial charge in [0.05, 0.1) is 11.6 Å². The summed E-state index contributed by atoms with van der Waals surface area (Å²) in [5.41, 5.74) is 6.43. The van der Waals surface area contributed by atoms with Crippen LogP contribution >= 0.6 is 0 Å². The number of amides is 1. The number of nitrogens with two attached hydrogens (primary N) is 1. The molecule has 2 N–H and O–H groups in total. The van der Waals surface area contributed by atoms with Crippen molar-refractivity contribution in [1.29, 1.82) is 0 Å². The van der Waals surface area contributed by atoms with Gasteiger partial charge < -0.3 is 10.6 Å². The van der Waals surface area contributed by atoms with E-state index in [4.69, 9.17) is 5.73 Å². The molecule has 2 aromatic carbocycles. The summed E-state index contributed by atoms with van der Waals surface area (Å²) in [5.74, 6) is -2.61. The topological polar surface area (TPSA) is 46.3 Å². The van der Waals surface area contributed by atoms with Gasteiger partial charge in [0.2, 0.25) is 0 Å². The molecule has 0 spiro atoms. The number of hydrogen-bond acceptors (Lipinski definition) is 2. The average Bonchev–Trinajstić information content (AvgIpc) is 2.49. The Labute approximate surface area is 122 Å². The lowest BCUT2D eigenvalue weighted by atomic mass is 10.1. The lowest BCUT2D eigenvalue weighted by Gasteiger charge is -2.26. The van der Waals surface area contributed by atoms with Gasteiger partial charge >= 0.3 is 0 Å². The minimum absolute atomic E-state index is 0.0424. The van der Waals surface area contributed by atoms with E-state index in [1.165, 1.54) is 4.90 Å². The Hall–Kier alpha value is -2.43. The highest BCUT2D eigenvalue weighted by atomic mass is 19.2. The molecule has 0 saturated carbocycles. The fraction of sp³-hybridized carbons (Fsp3) is 0.188. The largest absolute Gasteiger partial charge is 0.398 e. The summed E-state index contributed by atoms with van der Waals surface area (Å²) in [5, 5.41) is 0. The van der Waals surface area contributed by atoms with Gasteiger partial charge in [-0.05, 0) is 18.6 Å². The maximum atomic E-state index is 13.3. The molecule has 21 heavy (non-hydrogen) atoms. The highest BCUT2D eigenvalue weighted by molar-refractivity contribution is 5.99. The van der Waals surface area contributed by atoms with E-state index in [0.29, 0.717) is 0 Å². The van der Waals surface area contributed by atoms with Crippen LogP contribution in [0.2, 0.25) is 0 Å². The molecule has 1 amide bonds. The molecule has 1 atom stereocenters. The van der Waals surface area contributed by atoms with Crippen molar-refractivity contribution in [2.45, 2.75) is 13.0 Å². The van der Waals surface area contributed by atoms with Gasteiger partial charge in [0.15, 0.2) is 11.6 Å². The molecule has 5 heteroatoms. The van der Waals surface area contributed by atoms with Crippen LogP contribution in [-0.4, -0.2) is 17.9 Å². The minimum atomic E-state index is -1.09. The van der Waals surface area contributed by atoms with E-state index in [1.54, 1.807) is 7.05 Å². The number of rotatable bonds is 3. The van der Waals surface area contributed by atoms with E-state index in [2.05, 4.69) is 0 Å². The van der Waals surface area contributed by atoms with Crippen molar-refractivity contribution in [1.82, 2.24) is 4.90 Å². The SMILES string of the molecule is CC(c1ccccc1)N(C)C(=O)c1cc(F)c(F)cc1N. The van der Waals surface area contributed by atoms with Gasteiger partial charge in [-0.1, -0.05) is 30.3 Å². The summed E-state index contributed by atoms with van der Waals surface area (Å²) < 4.78 is 26.4. The fourth-order valence-electron chi connectivity index (χ4n) is 2.07. The quantitative estimate of drug-likeness (QED) is 0.881. The zero-order valence-electron chi connectivity index (χ0n) is 11.8. The molecule has 3 nitrogen and oxygen atoms in total. The van der Waals surface area contributed by atoms with Crippen LogP contribution in [0.15, 0.2) is 42.5 Å². The third kappa shape index (κ3) is 3.02. The molecule has 0 aliphatic carbocycles. The van der Waals surface area contributed by atoms with E-state index < -0.39 is 17.5 Å². The van der Waals surface area contributed by atoms with Gasteiger partial charge in [-0.15, -0.1) is 0 Å². The van der Waals surface area contributed by atoms with Crippen LogP contribution in [0, 0.1) is 11.6 Å². The first kappa shape index (κ1) is 15.0. The Bertz CT molecular complexity index is 659. The van der Waals surface area contributed by atoms with Crippen molar-refractivity contribution in [3.05, 3.63) is 65.2 Å². The highest BCUT2D eigenvalue weighted by Gasteiger charge is 2.22. The molecule has 0 saturated heterocycles. The van der Waals surface area contributed by atoms with E-state index in [1.807, 2.05) is 37.3 Å². The summed E-state index contributed by atoms with van der Waals surface area (Å²) in [6.45, 7) is 1.85. The summed E-state index contributed by atoms with van der Waals surface area (Å²) in [6, 6.07) is 10.8. The first-order chi connectivity index (χ1) is 9.91. The molecular weight excluding hydrogens is 274 g/mol. The van der Waals surface area contributed by atoms with Gasteiger partial charge in [-0.3, -0.25) is 4.79 Å². The Morgan fingerprint density at radius 2 is 1.71 bits per heavy atom. The second kappa shape index (κ2) is 5.91. The molecule has 0 heterocycles. The first-order valence-electron chi connectivity index (χ1n) is 6.48. The second-order valence-corrected chi connectivity index (χ2v) is 4.86. The molecule has 2 rings (SSSR count). The molecule has 0 fully saturated rings. The molecule has 1 unspecified atom stereocenters. The Morgan fingerprint density at radius 1 is 1.14 bits per heavy atom. The molecule has 0 aromatic heterocycles.